The summed E-state index contributed by atoms with van der Waals surface area (Å²) in [4.78, 5) is 37.3. The number of ether oxygens (including phenoxy) is 1. The van der Waals surface area contributed by atoms with Gasteiger partial charge in [0.2, 0.25) is 0 Å². The molecule has 1 amide bonds. The number of anilines is 1. The minimum Gasteiger partial charge on any atom is -0.441 e. The zero-order valence-electron chi connectivity index (χ0n) is 20.6. The Morgan fingerprint density at radius 2 is 1.59 bits per heavy atom. The normalized spacial score (nSPS) is 16.6. The van der Waals surface area contributed by atoms with Gasteiger partial charge in [0.15, 0.2) is 11.6 Å². The van der Waals surface area contributed by atoms with Crippen LogP contribution in [0, 0.1) is 17.5 Å². The summed E-state index contributed by atoms with van der Waals surface area (Å²) in [7, 11) is 0. The molecule has 2 saturated heterocycles. The van der Waals surface area contributed by atoms with Crippen molar-refractivity contribution in [2.24, 2.45) is 0 Å². The van der Waals surface area contributed by atoms with Gasteiger partial charge in [0, 0.05) is 56.0 Å². The van der Waals surface area contributed by atoms with Gasteiger partial charge in [-0.05, 0) is 30.3 Å². The van der Waals surface area contributed by atoms with Gasteiger partial charge in [0.1, 0.15) is 17.1 Å². The van der Waals surface area contributed by atoms with Crippen molar-refractivity contribution in [3.05, 3.63) is 90.0 Å². The van der Waals surface area contributed by atoms with E-state index in [0.717, 1.165) is 11.8 Å². The zero-order valence-corrected chi connectivity index (χ0v) is 20.6. The number of nitrogens with zero attached hydrogens (tertiary/aromatic N) is 4. The molecule has 2 aliphatic heterocycles. The molecule has 0 bridgehead atoms. The molecular formula is C28H23F3N4O4. The Bertz CT molecular complexity index is 1550. The predicted molar refractivity (Wildman–Crippen MR) is 133 cm³/mol. The molecule has 4 aromatic rings. The SMILES string of the molecule is O=C1OC2(CCN(Cc3nc4ccccn4c3-c3cc(F)c(F)cc3F)CC2)CN1c1ccccc1.O=C=O. The molecule has 2 aromatic carbocycles. The summed E-state index contributed by atoms with van der Waals surface area (Å²) >= 11 is 0. The largest absolute Gasteiger partial charge is 0.441 e. The summed E-state index contributed by atoms with van der Waals surface area (Å²) in [6.45, 7) is 2.16. The van der Waals surface area contributed by atoms with Crippen LogP contribution in [0.25, 0.3) is 16.9 Å². The number of piperidine rings is 1. The molecule has 2 fully saturated rings. The topological polar surface area (TPSA) is 84.2 Å². The van der Waals surface area contributed by atoms with Gasteiger partial charge in [-0.2, -0.15) is 9.59 Å². The predicted octanol–water partition coefficient (Wildman–Crippen LogP) is 4.83. The molecule has 0 unspecified atom stereocenters. The molecule has 8 nitrogen and oxygen atoms in total. The second kappa shape index (κ2) is 10.7. The Hall–Kier alpha value is -4.47. The first-order valence-electron chi connectivity index (χ1n) is 12.2. The molecule has 0 atom stereocenters. The van der Waals surface area contributed by atoms with E-state index >= 15 is 0 Å². The summed E-state index contributed by atoms with van der Waals surface area (Å²) < 4.78 is 50.0. The van der Waals surface area contributed by atoms with E-state index in [2.05, 4.69) is 9.88 Å². The molecule has 4 heterocycles. The minimum atomic E-state index is -1.23. The van der Waals surface area contributed by atoms with Crippen LogP contribution in [-0.2, 0) is 20.9 Å². The number of imidazole rings is 1. The van der Waals surface area contributed by atoms with Gasteiger partial charge in [-0.1, -0.05) is 24.3 Å². The number of likely N-dealkylation sites (tertiary alicyclic amines) is 1. The fourth-order valence-electron chi connectivity index (χ4n) is 5.16. The van der Waals surface area contributed by atoms with E-state index < -0.39 is 23.1 Å². The molecular weight excluding hydrogens is 513 g/mol. The zero-order chi connectivity index (χ0) is 27.6. The maximum atomic E-state index is 14.8. The van der Waals surface area contributed by atoms with E-state index in [1.807, 2.05) is 36.4 Å². The van der Waals surface area contributed by atoms with Crippen LogP contribution in [0.4, 0.5) is 23.7 Å². The summed E-state index contributed by atoms with van der Waals surface area (Å²) in [5.41, 5.74) is 1.76. The van der Waals surface area contributed by atoms with Crippen molar-refractivity contribution < 1.29 is 32.3 Å². The first kappa shape index (κ1) is 26.1. The van der Waals surface area contributed by atoms with Crippen molar-refractivity contribution in [3.8, 4) is 11.3 Å². The standard InChI is InChI=1S/C27H23F3N4O2.CO2/c28-20-15-22(30)21(29)14-19(20)25-23(31-24-8-4-5-11-33(24)25)16-32-12-9-27(10-13-32)17-34(26(35)36-27)18-6-2-1-3-7-18;2-1-3/h1-8,11,14-15H,9-10,12-13,16-17H2;. The van der Waals surface area contributed by atoms with Gasteiger partial charge in [-0.3, -0.25) is 14.2 Å². The van der Waals surface area contributed by atoms with Gasteiger partial charge < -0.3 is 4.74 Å². The molecule has 0 saturated carbocycles. The van der Waals surface area contributed by atoms with Crippen molar-refractivity contribution >= 4 is 23.6 Å². The van der Waals surface area contributed by atoms with Crippen LogP contribution in [0.15, 0.2) is 66.9 Å². The lowest BCUT2D eigenvalue weighted by Crippen LogP contribution is -2.46. The number of benzene rings is 2. The van der Waals surface area contributed by atoms with Crippen molar-refractivity contribution in [2.75, 3.05) is 24.5 Å². The number of para-hydroxylation sites is 1. The first-order valence-corrected chi connectivity index (χ1v) is 12.2. The Balaban J connectivity index is 0.000000983. The lowest BCUT2D eigenvalue weighted by Gasteiger charge is -2.37. The van der Waals surface area contributed by atoms with E-state index in [9.17, 15) is 18.0 Å². The van der Waals surface area contributed by atoms with Crippen LogP contribution in [0.5, 0.6) is 0 Å². The number of aromatic nitrogens is 2. The monoisotopic (exact) mass is 536 g/mol. The smallest absolute Gasteiger partial charge is 0.415 e. The van der Waals surface area contributed by atoms with Crippen LogP contribution in [0.2, 0.25) is 0 Å². The minimum absolute atomic E-state index is 0.0423. The van der Waals surface area contributed by atoms with E-state index in [0.29, 0.717) is 62.1 Å². The fraction of sp³-hybridized carbons (Fsp3) is 0.250. The number of hydrogen-bond donors (Lipinski definition) is 0. The summed E-state index contributed by atoms with van der Waals surface area (Å²) in [5, 5.41) is 0. The number of amides is 1. The highest BCUT2D eigenvalue weighted by atomic mass is 19.2. The molecule has 0 N–H and O–H groups in total. The highest BCUT2D eigenvalue weighted by Gasteiger charge is 2.47. The van der Waals surface area contributed by atoms with Crippen LogP contribution >= 0.6 is 0 Å². The summed E-state index contributed by atoms with van der Waals surface area (Å²) in [6.07, 6.45) is 2.92. The Morgan fingerprint density at radius 1 is 0.923 bits per heavy atom. The second-order valence-electron chi connectivity index (χ2n) is 9.41. The Kier molecular flexibility index (Phi) is 7.19. The van der Waals surface area contributed by atoms with Crippen molar-refractivity contribution in [3.63, 3.8) is 0 Å². The van der Waals surface area contributed by atoms with Crippen LogP contribution < -0.4 is 4.90 Å². The van der Waals surface area contributed by atoms with E-state index in [4.69, 9.17) is 14.3 Å². The lowest BCUT2D eigenvalue weighted by molar-refractivity contribution is -0.191. The van der Waals surface area contributed by atoms with E-state index in [1.54, 1.807) is 27.6 Å². The first-order chi connectivity index (χ1) is 18.8. The molecule has 2 aliphatic rings. The number of halogens is 3. The third-order valence-electron chi connectivity index (χ3n) is 7.05. The molecule has 0 aliphatic carbocycles. The van der Waals surface area contributed by atoms with Crippen LogP contribution in [-0.4, -0.2) is 51.8 Å². The maximum Gasteiger partial charge on any atom is 0.415 e. The summed E-state index contributed by atoms with van der Waals surface area (Å²) in [5.74, 6) is -3.20. The van der Waals surface area contributed by atoms with Crippen LogP contribution in [0.1, 0.15) is 18.5 Å². The van der Waals surface area contributed by atoms with Gasteiger partial charge in [-0.25, -0.2) is 22.9 Å². The molecule has 6 rings (SSSR count). The molecule has 2 aromatic heterocycles. The molecule has 1 spiro atoms. The highest BCUT2D eigenvalue weighted by Crippen LogP contribution is 2.37. The summed E-state index contributed by atoms with van der Waals surface area (Å²) in [6, 6.07) is 16.3. The quantitative estimate of drug-likeness (QED) is 0.348. The highest BCUT2D eigenvalue weighted by molar-refractivity contribution is 5.90. The van der Waals surface area contributed by atoms with E-state index in [1.165, 1.54) is 0 Å². The van der Waals surface area contributed by atoms with Crippen molar-refractivity contribution in [2.45, 2.75) is 25.0 Å². The number of carbonyl (C=O) groups is 1. The Labute approximate surface area is 221 Å². The molecule has 39 heavy (non-hydrogen) atoms. The second-order valence-corrected chi connectivity index (χ2v) is 9.41. The van der Waals surface area contributed by atoms with Gasteiger partial charge in [-0.15, -0.1) is 0 Å². The average Bonchev–Trinajstić information content (AvgIpc) is 3.45. The van der Waals surface area contributed by atoms with Crippen LogP contribution in [0.3, 0.4) is 0 Å². The number of rotatable bonds is 4. The number of hydrogen-bond acceptors (Lipinski definition) is 6. The van der Waals surface area contributed by atoms with Gasteiger partial charge in [0.05, 0.1) is 17.9 Å². The number of pyridine rings is 1. The fourth-order valence-corrected chi connectivity index (χ4v) is 5.16. The van der Waals surface area contributed by atoms with Crippen molar-refractivity contribution in [1.82, 2.24) is 14.3 Å². The average molecular weight is 537 g/mol. The third-order valence-corrected chi connectivity index (χ3v) is 7.05. The molecule has 0 radical (unpaired) electrons. The van der Waals surface area contributed by atoms with E-state index in [-0.39, 0.29) is 17.8 Å². The van der Waals surface area contributed by atoms with Gasteiger partial charge in [0.25, 0.3) is 0 Å². The number of carbonyl (C=O) groups excluding carboxylic acids is 3. The molecule has 11 heteroatoms. The third kappa shape index (κ3) is 5.14. The lowest BCUT2D eigenvalue weighted by atomic mass is 9.91. The van der Waals surface area contributed by atoms with Gasteiger partial charge >= 0.3 is 12.2 Å². The Morgan fingerprint density at radius 3 is 2.31 bits per heavy atom. The molecule has 200 valence electrons. The number of fused-ring (bicyclic) bond motifs is 1. The van der Waals surface area contributed by atoms with Crippen molar-refractivity contribution in [1.29, 1.82) is 0 Å². The maximum absolute atomic E-state index is 14.8.